The van der Waals surface area contributed by atoms with E-state index in [9.17, 15) is 13.2 Å². The highest BCUT2D eigenvalue weighted by Gasteiger charge is 2.26. The first-order chi connectivity index (χ1) is 13.5. The molecule has 1 aliphatic rings. The van der Waals surface area contributed by atoms with E-state index in [1.54, 1.807) is 12.1 Å². The summed E-state index contributed by atoms with van der Waals surface area (Å²) < 4.78 is 29.9. The summed E-state index contributed by atoms with van der Waals surface area (Å²) in [5, 5.41) is 4.32. The monoisotopic (exact) mass is 398 g/mol. The molecule has 1 aromatic carbocycles. The van der Waals surface area contributed by atoms with Crippen molar-refractivity contribution in [2.75, 3.05) is 13.1 Å². The van der Waals surface area contributed by atoms with Crippen molar-refractivity contribution < 1.29 is 8.42 Å². The van der Waals surface area contributed by atoms with Crippen molar-refractivity contribution in [2.24, 2.45) is 0 Å². The van der Waals surface area contributed by atoms with Gasteiger partial charge >= 0.3 is 5.69 Å². The first-order valence-electron chi connectivity index (χ1n) is 9.30. The smallest absolute Gasteiger partial charge is 0.249 e. The lowest BCUT2D eigenvalue weighted by molar-refractivity contribution is 0.346. The Bertz CT molecular complexity index is 1170. The van der Waals surface area contributed by atoms with Gasteiger partial charge in [-0.05, 0) is 36.1 Å². The fourth-order valence-corrected chi connectivity index (χ4v) is 4.96. The molecular formula is C20H22N4O3S. The molecule has 0 spiro atoms. The minimum Gasteiger partial charge on any atom is -0.249 e. The molecule has 0 aliphatic carbocycles. The molecule has 3 aromatic rings. The van der Waals surface area contributed by atoms with Crippen molar-refractivity contribution in [3.63, 3.8) is 0 Å². The van der Waals surface area contributed by atoms with Crippen LogP contribution in [0.1, 0.15) is 30.4 Å². The third-order valence-electron chi connectivity index (χ3n) is 5.05. The molecule has 1 saturated heterocycles. The molecule has 0 bridgehead atoms. The average Bonchev–Trinajstić information content (AvgIpc) is 3.04. The summed E-state index contributed by atoms with van der Waals surface area (Å²) in [5.74, 6) is 0. The zero-order chi connectivity index (χ0) is 19.7. The van der Waals surface area contributed by atoms with Crippen LogP contribution in [0, 0.1) is 0 Å². The predicted molar refractivity (Wildman–Crippen MR) is 108 cm³/mol. The van der Waals surface area contributed by atoms with Gasteiger partial charge in [0.2, 0.25) is 10.0 Å². The van der Waals surface area contributed by atoms with Gasteiger partial charge in [-0.2, -0.15) is 4.31 Å². The second-order valence-corrected chi connectivity index (χ2v) is 8.88. The Morgan fingerprint density at radius 3 is 2.43 bits per heavy atom. The summed E-state index contributed by atoms with van der Waals surface area (Å²) in [7, 11) is -3.60. The maximum absolute atomic E-state index is 12.9. The SMILES string of the molecule is C=Cc1ccc(Cn2nc3ccc(S(=O)(=O)N4CCCCC4)cn3c2=O)cc1. The Morgan fingerprint density at radius 2 is 1.75 bits per heavy atom. The molecule has 7 nitrogen and oxygen atoms in total. The summed E-state index contributed by atoms with van der Waals surface area (Å²) in [6.45, 7) is 5.08. The second-order valence-electron chi connectivity index (χ2n) is 6.94. The Balaban J connectivity index is 1.67. The van der Waals surface area contributed by atoms with Crippen LogP contribution >= 0.6 is 0 Å². The highest BCUT2D eigenvalue weighted by atomic mass is 32.2. The van der Waals surface area contributed by atoms with Crippen molar-refractivity contribution in [1.82, 2.24) is 18.5 Å². The highest BCUT2D eigenvalue weighted by Crippen LogP contribution is 2.20. The Kier molecular flexibility index (Phi) is 4.91. The highest BCUT2D eigenvalue weighted by molar-refractivity contribution is 7.89. The molecular weight excluding hydrogens is 376 g/mol. The fourth-order valence-electron chi connectivity index (χ4n) is 3.44. The van der Waals surface area contributed by atoms with Gasteiger partial charge in [0.15, 0.2) is 5.65 Å². The van der Waals surface area contributed by atoms with Crippen molar-refractivity contribution in [1.29, 1.82) is 0 Å². The summed E-state index contributed by atoms with van der Waals surface area (Å²) in [6.07, 6.45) is 5.91. The lowest BCUT2D eigenvalue weighted by Crippen LogP contribution is -2.35. The number of benzene rings is 1. The molecule has 1 aliphatic heterocycles. The lowest BCUT2D eigenvalue weighted by atomic mass is 10.1. The van der Waals surface area contributed by atoms with Gasteiger partial charge in [-0.1, -0.05) is 43.3 Å². The van der Waals surface area contributed by atoms with Crippen LogP contribution < -0.4 is 5.69 Å². The molecule has 8 heteroatoms. The van der Waals surface area contributed by atoms with E-state index >= 15 is 0 Å². The third-order valence-corrected chi connectivity index (χ3v) is 6.93. The minimum atomic E-state index is -3.60. The summed E-state index contributed by atoms with van der Waals surface area (Å²) in [4.78, 5) is 12.9. The van der Waals surface area contributed by atoms with E-state index < -0.39 is 10.0 Å². The molecule has 0 atom stereocenters. The molecule has 1 fully saturated rings. The molecule has 2 aromatic heterocycles. The van der Waals surface area contributed by atoms with Crippen LogP contribution in [-0.2, 0) is 16.6 Å². The molecule has 0 radical (unpaired) electrons. The third kappa shape index (κ3) is 3.41. The number of nitrogens with zero attached hydrogens (tertiary/aromatic N) is 4. The molecule has 146 valence electrons. The number of fused-ring (bicyclic) bond motifs is 1. The molecule has 0 N–H and O–H groups in total. The van der Waals surface area contributed by atoms with Gasteiger partial charge in [0, 0.05) is 19.3 Å². The number of hydrogen-bond donors (Lipinski definition) is 0. The van der Waals surface area contributed by atoms with E-state index in [1.165, 1.54) is 25.7 Å². The molecule has 28 heavy (non-hydrogen) atoms. The number of hydrogen-bond acceptors (Lipinski definition) is 4. The van der Waals surface area contributed by atoms with Gasteiger partial charge in [0.05, 0.1) is 11.4 Å². The zero-order valence-electron chi connectivity index (χ0n) is 15.5. The number of pyridine rings is 1. The van der Waals surface area contributed by atoms with Gasteiger partial charge in [-0.3, -0.25) is 0 Å². The van der Waals surface area contributed by atoms with E-state index in [0.717, 1.165) is 30.4 Å². The molecule has 0 amide bonds. The van der Waals surface area contributed by atoms with Crippen LogP contribution in [0.5, 0.6) is 0 Å². The van der Waals surface area contributed by atoms with Crippen molar-refractivity contribution in [3.8, 4) is 0 Å². The van der Waals surface area contributed by atoms with Crippen LogP contribution in [0.4, 0.5) is 0 Å². The molecule has 0 unspecified atom stereocenters. The standard InChI is InChI=1S/C20H22N4O3S/c1-2-16-6-8-17(9-7-16)14-24-20(25)23-15-18(10-11-19(23)21-24)28(26,27)22-12-4-3-5-13-22/h2,6-11,15H,1,3-5,12-14H2. The number of rotatable bonds is 5. The summed E-state index contributed by atoms with van der Waals surface area (Å²) in [5.41, 5.74) is 1.99. The molecule has 3 heterocycles. The molecule has 0 saturated carbocycles. The van der Waals surface area contributed by atoms with E-state index in [2.05, 4.69) is 11.7 Å². The quantitative estimate of drug-likeness (QED) is 0.661. The van der Waals surface area contributed by atoms with Crippen LogP contribution in [0.2, 0.25) is 0 Å². The van der Waals surface area contributed by atoms with Gasteiger partial charge in [-0.25, -0.2) is 22.3 Å². The fraction of sp³-hybridized carbons (Fsp3) is 0.300. The zero-order valence-corrected chi connectivity index (χ0v) is 16.3. The Morgan fingerprint density at radius 1 is 1.04 bits per heavy atom. The van der Waals surface area contributed by atoms with Crippen LogP contribution in [-0.4, -0.2) is 40.0 Å². The maximum atomic E-state index is 12.9. The van der Waals surface area contributed by atoms with Gasteiger partial charge in [0.25, 0.3) is 0 Å². The number of aromatic nitrogens is 3. The predicted octanol–water partition coefficient (Wildman–Crippen LogP) is 2.36. The van der Waals surface area contributed by atoms with E-state index in [0.29, 0.717) is 25.3 Å². The normalized spacial score (nSPS) is 15.7. The van der Waals surface area contributed by atoms with Crippen molar-refractivity contribution in [2.45, 2.75) is 30.7 Å². The first-order valence-corrected chi connectivity index (χ1v) is 10.7. The lowest BCUT2D eigenvalue weighted by Gasteiger charge is -2.25. The van der Waals surface area contributed by atoms with Crippen molar-refractivity contribution >= 4 is 21.7 Å². The van der Waals surface area contributed by atoms with E-state index in [4.69, 9.17) is 0 Å². The number of sulfonamides is 1. The van der Waals surface area contributed by atoms with Gasteiger partial charge in [-0.15, -0.1) is 5.10 Å². The Labute approximate surface area is 163 Å². The van der Waals surface area contributed by atoms with E-state index in [-0.39, 0.29) is 10.6 Å². The topological polar surface area (TPSA) is 76.7 Å². The number of piperidine rings is 1. The molecule has 4 rings (SSSR count). The summed E-state index contributed by atoms with van der Waals surface area (Å²) in [6, 6.07) is 10.8. The van der Waals surface area contributed by atoms with Crippen LogP contribution in [0.25, 0.3) is 11.7 Å². The average molecular weight is 398 g/mol. The largest absolute Gasteiger partial charge is 0.350 e. The maximum Gasteiger partial charge on any atom is 0.350 e. The summed E-state index contributed by atoms with van der Waals surface area (Å²) >= 11 is 0. The van der Waals surface area contributed by atoms with Gasteiger partial charge < -0.3 is 0 Å². The second kappa shape index (κ2) is 7.37. The first kappa shape index (κ1) is 18.6. The van der Waals surface area contributed by atoms with E-state index in [1.807, 2.05) is 24.3 Å². The Hall–Kier alpha value is -2.71. The van der Waals surface area contributed by atoms with Crippen LogP contribution in [0.15, 0.2) is 58.9 Å². The minimum absolute atomic E-state index is 0.124. The van der Waals surface area contributed by atoms with Crippen LogP contribution in [0.3, 0.4) is 0 Å². The van der Waals surface area contributed by atoms with Gasteiger partial charge in [0.1, 0.15) is 0 Å². The van der Waals surface area contributed by atoms with Crippen molar-refractivity contribution in [3.05, 3.63) is 70.8 Å².